The molecule has 0 aliphatic rings. The molecule has 0 spiro atoms. The van der Waals surface area contributed by atoms with Crippen molar-refractivity contribution >= 4 is 5.97 Å². The summed E-state index contributed by atoms with van der Waals surface area (Å²) in [6.07, 6.45) is 1.37. The number of aromatic nitrogens is 1. The molecule has 0 aliphatic carbocycles. The second kappa shape index (κ2) is 4.10. The van der Waals surface area contributed by atoms with E-state index in [0.717, 1.165) is 0 Å². The lowest BCUT2D eigenvalue weighted by Crippen LogP contribution is -2.03. The highest BCUT2D eigenvalue weighted by molar-refractivity contribution is 5.93. The summed E-state index contributed by atoms with van der Waals surface area (Å²) in [5.41, 5.74) is 0.383. The first kappa shape index (κ1) is 10.3. The lowest BCUT2D eigenvalue weighted by molar-refractivity contribution is 0.0691. The number of nitrogens with zero attached hydrogens (tertiary/aromatic N) is 1. The molecule has 0 unspecified atom stereocenters. The molecular formula is C12H8FNO2. The fraction of sp³-hybridized carbons (Fsp3) is 0. The van der Waals surface area contributed by atoms with Crippen molar-refractivity contribution in [3.8, 4) is 11.1 Å². The second-order valence-corrected chi connectivity index (χ2v) is 3.18. The van der Waals surface area contributed by atoms with Crippen LogP contribution in [0.3, 0.4) is 0 Å². The average Bonchev–Trinajstić information content (AvgIpc) is 2.29. The normalized spacial score (nSPS) is 10.1. The predicted molar refractivity (Wildman–Crippen MR) is 56.6 cm³/mol. The SMILES string of the molecule is O=C(O)c1ncccc1-c1ccccc1F. The van der Waals surface area contributed by atoms with Crippen LogP contribution in [0, 0.1) is 5.82 Å². The summed E-state index contributed by atoms with van der Waals surface area (Å²) < 4.78 is 13.5. The molecule has 16 heavy (non-hydrogen) atoms. The average molecular weight is 217 g/mol. The highest BCUT2D eigenvalue weighted by atomic mass is 19.1. The van der Waals surface area contributed by atoms with Gasteiger partial charge in [0.15, 0.2) is 5.69 Å². The first-order valence-electron chi connectivity index (χ1n) is 4.63. The Balaban J connectivity index is 2.65. The number of carboxylic acid groups (broad SMARTS) is 1. The maximum Gasteiger partial charge on any atom is 0.355 e. The quantitative estimate of drug-likeness (QED) is 0.841. The van der Waals surface area contributed by atoms with Crippen molar-refractivity contribution in [3.63, 3.8) is 0 Å². The molecule has 2 rings (SSSR count). The molecule has 1 heterocycles. The molecule has 0 radical (unpaired) electrons. The third-order valence-electron chi connectivity index (χ3n) is 2.17. The van der Waals surface area contributed by atoms with E-state index >= 15 is 0 Å². The lowest BCUT2D eigenvalue weighted by atomic mass is 10.0. The number of carbonyl (C=O) groups is 1. The van der Waals surface area contributed by atoms with Crippen LogP contribution in [0.15, 0.2) is 42.6 Å². The Morgan fingerprint density at radius 2 is 1.81 bits per heavy atom. The van der Waals surface area contributed by atoms with Crippen LogP contribution in [0.4, 0.5) is 4.39 Å². The van der Waals surface area contributed by atoms with Gasteiger partial charge in [0.1, 0.15) is 5.82 Å². The van der Waals surface area contributed by atoms with Crippen LogP contribution < -0.4 is 0 Å². The zero-order valence-electron chi connectivity index (χ0n) is 8.22. The van der Waals surface area contributed by atoms with Crippen molar-refractivity contribution < 1.29 is 14.3 Å². The predicted octanol–water partition coefficient (Wildman–Crippen LogP) is 2.59. The van der Waals surface area contributed by atoms with Crippen LogP contribution in [0.2, 0.25) is 0 Å². The third kappa shape index (κ3) is 1.77. The number of benzene rings is 1. The number of halogens is 1. The Bertz CT molecular complexity index is 540. The van der Waals surface area contributed by atoms with E-state index in [1.54, 1.807) is 18.2 Å². The summed E-state index contributed by atoms with van der Waals surface area (Å²) in [4.78, 5) is 14.7. The number of pyridine rings is 1. The molecule has 1 N–H and O–H groups in total. The Kier molecular flexibility index (Phi) is 2.64. The highest BCUT2D eigenvalue weighted by Gasteiger charge is 2.14. The number of hydrogen-bond donors (Lipinski definition) is 1. The molecule has 4 heteroatoms. The first-order valence-corrected chi connectivity index (χ1v) is 4.63. The Hall–Kier alpha value is -2.23. The molecule has 0 saturated heterocycles. The van der Waals surface area contributed by atoms with E-state index in [9.17, 15) is 9.18 Å². The summed E-state index contributed by atoms with van der Waals surface area (Å²) in [5, 5.41) is 8.93. The fourth-order valence-electron chi connectivity index (χ4n) is 1.47. The van der Waals surface area contributed by atoms with Crippen molar-refractivity contribution in [2.24, 2.45) is 0 Å². The van der Waals surface area contributed by atoms with Gasteiger partial charge in [0, 0.05) is 17.3 Å². The summed E-state index contributed by atoms with van der Waals surface area (Å²) >= 11 is 0. The molecule has 0 fully saturated rings. The van der Waals surface area contributed by atoms with E-state index in [1.165, 1.54) is 24.4 Å². The summed E-state index contributed by atoms with van der Waals surface area (Å²) in [6, 6.07) is 9.13. The molecular weight excluding hydrogens is 209 g/mol. The maximum atomic E-state index is 13.5. The van der Waals surface area contributed by atoms with E-state index < -0.39 is 11.8 Å². The molecule has 0 amide bonds. The fourth-order valence-corrected chi connectivity index (χ4v) is 1.47. The van der Waals surface area contributed by atoms with E-state index in [1.807, 2.05) is 0 Å². The number of hydrogen-bond acceptors (Lipinski definition) is 2. The molecule has 0 saturated carbocycles. The van der Waals surface area contributed by atoms with Gasteiger partial charge in [-0.25, -0.2) is 14.2 Å². The van der Waals surface area contributed by atoms with E-state index in [4.69, 9.17) is 5.11 Å². The Labute approximate surface area is 91.2 Å². The van der Waals surface area contributed by atoms with Crippen molar-refractivity contribution in [2.75, 3.05) is 0 Å². The largest absolute Gasteiger partial charge is 0.476 e. The second-order valence-electron chi connectivity index (χ2n) is 3.18. The summed E-state index contributed by atoms with van der Waals surface area (Å²) in [6.45, 7) is 0. The molecule has 0 bridgehead atoms. The van der Waals surface area contributed by atoms with Gasteiger partial charge in [-0.1, -0.05) is 24.3 Å². The zero-order valence-corrected chi connectivity index (χ0v) is 8.22. The minimum Gasteiger partial charge on any atom is -0.476 e. The highest BCUT2D eigenvalue weighted by Crippen LogP contribution is 2.24. The number of carboxylic acids is 1. The van der Waals surface area contributed by atoms with Gasteiger partial charge in [0.05, 0.1) is 0 Å². The van der Waals surface area contributed by atoms with Gasteiger partial charge in [-0.2, -0.15) is 0 Å². The van der Waals surface area contributed by atoms with Gasteiger partial charge in [-0.3, -0.25) is 0 Å². The number of aromatic carboxylic acids is 1. The Morgan fingerprint density at radius 1 is 1.12 bits per heavy atom. The van der Waals surface area contributed by atoms with E-state index in [-0.39, 0.29) is 16.8 Å². The minimum absolute atomic E-state index is 0.146. The van der Waals surface area contributed by atoms with Crippen molar-refractivity contribution in [1.29, 1.82) is 0 Å². The first-order chi connectivity index (χ1) is 7.70. The van der Waals surface area contributed by atoms with Crippen LogP contribution in [-0.4, -0.2) is 16.1 Å². The van der Waals surface area contributed by atoms with Gasteiger partial charge in [-0.15, -0.1) is 0 Å². The molecule has 0 atom stereocenters. The summed E-state index contributed by atoms with van der Waals surface area (Å²) in [7, 11) is 0. The van der Waals surface area contributed by atoms with Gasteiger partial charge < -0.3 is 5.11 Å². The molecule has 1 aromatic heterocycles. The minimum atomic E-state index is -1.17. The molecule has 1 aromatic carbocycles. The van der Waals surface area contributed by atoms with Crippen LogP contribution >= 0.6 is 0 Å². The molecule has 0 aliphatic heterocycles. The standard InChI is InChI=1S/C12H8FNO2/c13-10-6-2-1-4-8(10)9-5-3-7-14-11(9)12(15)16/h1-7H,(H,15,16). The molecule has 2 aromatic rings. The van der Waals surface area contributed by atoms with Crippen LogP contribution in [-0.2, 0) is 0 Å². The topological polar surface area (TPSA) is 50.2 Å². The third-order valence-corrected chi connectivity index (χ3v) is 2.17. The van der Waals surface area contributed by atoms with E-state index in [0.29, 0.717) is 0 Å². The maximum absolute atomic E-state index is 13.5. The van der Waals surface area contributed by atoms with Gasteiger partial charge in [-0.05, 0) is 12.1 Å². The van der Waals surface area contributed by atoms with Crippen molar-refractivity contribution in [3.05, 3.63) is 54.1 Å². The molecule has 3 nitrogen and oxygen atoms in total. The van der Waals surface area contributed by atoms with Gasteiger partial charge in [0.2, 0.25) is 0 Å². The summed E-state index contributed by atoms with van der Waals surface area (Å²) in [5.74, 6) is -1.63. The Morgan fingerprint density at radius 3 is 2.50 bits per heavy atom. The monoisotopic (exact) mass is 217 g/mol. The van der Waals surface area contributed by atoms with Gasteiger partial charge in [0.25, 0.3) is 0 Å². The van der Waals surface area contributed by atoms with Crippen LogP contribution in [0.1, 0.15) is 10.5 Å². The van der Waals surface area contributed by atoms with E-state index in [2.05, 4.69) is 4.98 Å². The smallest absolute Gasteiger partial charge is 0.355 e. The van der Waals surface area contributed by atoms with Crippen molar-refractivity contribution in [2.45, 2.75) is 0 Å². The molecule has 80 valence electrons. The lowest BCUT2D eigenvalue weighted by Gasteiger charge is -2.05. The zero-order chi connectivity index (χ0) is 11.5. The van der Waals surface area contributed by atoms with Crippen LogP contribution in [0.5, 0.6) is 0 Å². The van der Waals surface area contributed by atoms with Gasteiger partial charge >= 0.3 is 5.97 Å². The van der Waals surface area contributed by atoms with Crippen molar-refractivity contribution in [1.82, 2.24) is 4.98 Å². The van der Waals surface area contributed by atoms with Crippen LogP contribution in [0.25, 0.3) is 11.1 Å². The number of rotatable bonds is 2.